The van der Waals surface area contributed by atoms with Crippen LogP contribution in [0.4, 0.5) is 17.1 Å². The summed E-state index contributed by atoms with van der Waals surface area (Å²) in [6.07, 6.45) is 1.35. The zero-order valence-electron chi connectivity index (χ0n) is 16.8. The van der Waals surface area contributed by atoms with Crippen molar-refractivity contribution in [1.29, 1.82) is 0 Å². The number of methoxy groups -OCH3 is 1. The van der Waals surface area contributed by atoms with Gasteiger partial charge in [-0.25, -0.2) is 8.42 Å². The number of rotatable bonds is 8. The number of nitrogens with one attached hydrogen (secondary N) is 2. The third-order valence-electron chi connectivity index (χ3n) is 4.25. The first kappa shape index (κ1) is 24.3. The Hall–Kier alpha value is -3.35. The molecule has 0 aliphatic heterocycles. The van der Waals surface area contributed by atoms with E-state index in [4.69, 9.17) is 16.3 Å². The minimum atomic E-state index is -4.28. The fourth-order valence-electron chi connectivity index (χ4n) is 2.68. The number of nitro benzene ring substituents is 1. The van der Waals surface area contributed by atoms with Crippen molar-refractivity contribution < 1.29 is 23.2 Å². The summed E-state index contributed by atoms with van der Waals surface area (Å²) in [7, 11) is -2.89. The van der Waals surface area contributed by atoms with Crippen LogP contribution in [0.3, 0.4) is 0 Å². The summed E-state index contributed by atoms with van der Waals surface area (Å²) in [4.78, 5) is 10.1. The Morgan fingerprint density at radius 2 is 1.91 bits per heavy atom. The first-order valence-electron chi connectivity index (χ1n) is 9.03. The number of aromatic hydroxyl groups is 1. The zero-order valence-corrected chi connectivity index (χ0v) is 20.0. The second-order valence-corrected chi connectivity index (χ2v) is 9.36. The van der Waals surface area contributed by atoms with Crippen LogP contribution in [0, 0.1) is 10.1 Å². The van der Waals surface area contributed by atoms with Crippen molar-refractivity contribution in [2.24, 2.45) is 5.10 Å². The molecule has 0 aliphatic rings. The van der Waals surface area contributed by atoms with Gasteiger partial charge in [-0.3, -0.25) is 20.3 Å². The van der Waals surface area contributed by atoms with Crippen molar-refractivity contribution in [3.05, 3.63) is 79.8 Å². The van der Waals surface area contributed by atoms with E-state index in [-0.39, 0.29) is 27.9 Å². The summed E-state index contributed by atoms with van der Waals surface area (Å²) in [5.74, 6) is 0.116. The standard InChI is InChI=1S/C20H16BrClN4O6S/c1-32-18-9-12(8-14(21)20(18)27)11-23-24-17-7-6-13(26(28)29)10-19(17)33(30,31)25-16-5-3-2-4-15(16)22/h2-11,24-25,27H,1H3/b23-11+. The molecule has 0 amide bonds. The molecule has 172 valence electrons. The van der Waals surface area contributed by atoms with Crippen LogP contribution in [-0.4, -0.2) is 31.8 Å². The van der Waals surface area contributed by atoms with Gasteiger partial charge in [0.2, 0.25) is 0 Å². The molecule has 10 nitrogen and oxygen atoms in total. The molecule has 0 unspecified atom stereocenters. The highest BCUT2D eigenvalue weighted by molar-refractivity contribution is 9.10. The van der Waals surface area contributed by atoms with E-state index in [2.05, 4.69) is 31.2 Å². The topological polar surface area (TPSA) is 143 Å². The number of anilines is 2. The average Bonchev–Trinajstić information content (AvgIpc) is 2.77. The molecule has 0 radical (unpaired) electrons. The number of phenolic OH excluding ortho intramolecular Hbond substituents is 1. The maximum atomic E-state index is 13.0. The molecular formula is C20H16BrClN4O6S. The van der Waals surface area contributed by atoms with Crippen LogP contribution in [0.2, 0.25) is 5.02 Å². The summed E-state index contributed by atoms with van der Waals surface area (Å²) in [5.41, 5.74) is 2.78. The Bertz CT molecular complexity index is 1350. The summed E-state index contributed by atoms with van der Waals surface area (Å²) >= 11 is 9.23. The largest absolute Gasteiger partial charge is 0.503 e. The van der Waals surface area contributed by atoms with Crippen LogP contribution < -0.4 is 14.9 Å². The van der Waals surface area contributed by atoms with Crippen LogP contribution in [0.1, 0.15) is 5.56 Å². The van der Waals surface area contributed by atoms with Gasteiger partial charge >= 0.3 is 0 Å². The number of halogens is 2. The highest BCUT2D eigenvalue weighted by Gasteiger charge is 2.23. The van der Waals surface area contributed by atoms with Gasteiger partial charge in [-0.15, -0.1) is 0 Å². The van der Waals surface area contributed by atoms with E-state index in [1.165, 1.54) is 37.6 Å². The number of nitro groups is 1. The quantitative estimate of drug-likeness (QED) is 0.202. The number of phenols is 1. The maximum Gasteiger partial charge on any atom is 0.270 e. The van der Waals surface area contributed by atoms with E-state index in [1.807, 2.05) is 0 Å². The molecule has 0 aromatic heterocycles. The molecule has 0 atom stereocenters. The van der Waals surface area contributed by atoms with Crippen molar-refractivity contribution in [3.63, 3.8) is 0 Å². The Balaban J connectivity index is 1.96. The van der Waals surface area contributed by atoms with E-state index >= 15 is 0 Å². The Kier molecular flexibility index (Phi) is 7.41. The van der Waals surface area contributed by atoms with Crippen LogP contribution in [0.25, 0.3) is 0 Å². The molecule has 0 spiro atoms. The van der Waals surface area contributed by atoms with Crippen LogP contribution >= 0.6 is 27.5 Å². The number of hydrogen-bond acceptors (Lipinski definition) is 8. The first-order valence-corrected chi connectivity index (χ1v) is 11.7. The Morgan fingerprint density at radius 1 is 1.18 bits per heavy atom. The van der Waals surface area contributed by atoms with Gasteiger partial charge in [-0.2, -0.15) is 5.10 Å². The van der Waals surface area contributed by atoms with Crippen molar-refractivity contribution in [2.75, 3.05) is 17.3 Å². The van der Waals surface area contributed by atoms with Gasteiger partial charge in [-0.05, 0) is 51.8 Å². The predicted octanol–water partition coefficient (Wildman–Crippen LogP) is 4.97. The number of nitrogens with zero attached hydrogens (tertiary/aromatic N) is 2. The number of hydrazone groups is 1. The van der Waals surface area contributed by atoms with Crippen LogP contribution in [0.15, 0.2) is 69.1 Å². The molecule has 0 bridgehead atoms. The van der Waals surface area contributed by atoms with Gasteiger partial charge in [0.25, 0.3) is 15.7 Å². The monoisotopic (exact) mass is 554 g/mol. The molecule has 0 saturated heterocycles. The van der Waals surface area contributed by atoms with Crippen molar-refractivity contribution in [3.8, 4) is 11.5 Å². The van der Waals surface area contributed by atoms with E-state index in [0.29, 0.717) is 10.0 Å². The zero-order chi connectivity index (χ0) is 24.2. The highest BCUT2D eigenvalue weighted by Crippen LogP contribution is 2.35. The molecule has 33 heavy (non-hydrogen) atoms. The number of sulfonamides is 1. The Labute approximate surface area is 202 Å². The van der Waals surface area contributed by atoms with Gasteiger partial charge in [0.05, 0.1) is 39.1 Å². The van der Waals surface area contributed by atoms with Gasteiger partial charge in [-0.1, -0.05) is 23.7 Å². The van der Waals surface area contributed by atoms with E-state index in [0.717, 1.165) is 12.1 Å². The van der Waals surface area contributed by atoms with Crippen LogP contribution in [-0.2, 0) is 10.0 Å². The summed E-state index contributed by atoms with van der Waals surface area (Å²) < 4.78 is 33.8. The van der Waals surface area contributed by atoms with Crippen molar-refractivity contribution in [1.82, 2.24) is 0 Å². The molecule has 3 N–H and O–H groups in total. The fraction of sp³-hybridized carbons (Fsp3) is 0.0500. The van der Waals surface area contributed by atoms with Gasteiger partial charge in [0.1, 0.15) is 4.90 Å². The van der Waals surface area contributed by atoms with Gasteiger partial charge in [0, 0.05) is 12.1 Å². The lowest BCUT2D eigenvalue weighted by Gasteiger charge is -2.13. The fourth-order valence-corrected chi connectivity index (χ4v) is 4.64. The number of non-ortho nitro benzene ring substituents is 1. The van der Waals surface area contributed by atoms with Gasteiger partial charge < -0.3 is 9.84 Å². The van der Waals surface area contributed by atoms with E-state index in [9.17, 15) is 23.6 Å². The summed E-state index contributed by atoms with van der Waals surface area (Å²) in [5, 5.41) is 25.3. The second-order valence-electron chi connectivity index (χ2n) is 6.45. The smallest absolute Gasteiger partial charge is 0.270 e. The van der Waals surface area contributed by atoms with Crippen molar-refractivity contribution >= 4 is 60.8 Å². The number of benzene rings is 3. The normalized spacial score (nSPS) is 11.4. The van der Waals surface area contributed by atoms with Gasteiger partial charge in [0.15, 0.2) is 11.5 Å². The maximum absolute atomic E-state index is 13.0. The molecule has 0 fully saturated rings. The molecule has 3 rings (SSSR count). The SMILES string of the molecule is COc1cc(/C=N/Nc2ccc([N+](=O)[O-])cc2S(=O)(=O)Nc2ccccc2Cl)cc(Br)c1O. The average molecular weight is 556 g/mol. The lowest BCUT2D eigenvalue weighted by atomic mass is 10.2. The third kappa shape index (κ3) is 5.72. The first-order chi connectivity index (χ1) is 15.6. The minimum absolute atomic E-state index is 0.0128. The molecule has 3 aromatic carbocycles. The third-order valence-corrected chi connectivity index (χ3v) is 6.59. The lowest BCUT2D eigenvalue weighted by Crippen LogP contribution is -2.15. The predicted molar refractivity (Wildman–Crippen MR) is 129 cm³/mol. The number of ether oxygens (including phenoxy) is 1. The number of hydrogen-bond donors (Lipinski definition) is 3. The van der Waals surface area contributed by atoms with Crippen LogP contribution in [0.5, 0.6) is 11.5 Å². The van der Waals surface area contributed by atoms with Crippen molar-refractivity contribution in [2.45, 2.75) is 4.90 Å². The molecule has 0 aliphatic carbocycles. The molecule has 0 heterocycles. The number of para-hydroxylation sites is 1. The molecular weight excluding hydrogens is 540 g/mol. The molecule has 3 aromatic rings. The van der Waals surface area contributed by atoms with E-state index in [1.54, 1.807) is 18.2 Å². The molecule has 13 heteroatoms. The van der Waals surface area contributed by atoms with E-state index < -0.39 is 25.5 Å². The summed E-state index contributed by atoms with van der Waals surface area (Å²) in [6, 6.07) is 12.5. The second kappa shape index (κ2) is 10.1. The minimum Gasteiger partial charge on any atom is -0.503 e. The Morgan fingerprint density at radius 3 is 2.58 bits per heavy atom. The lowest BCUT2D eigenvalue weighted by molar-refractivity contribution is -0.385. The highest BCUT2D eigenvalue weighted by atomic mass is 79.9. The summed E-state index contributed by atoms with van der Waals surface area (Å²) in [6.45, 7) is 0. The molecule has 0 saturated carbocycles.